The molecule has 2 fully saturated rings. The smallest absolute Gasteiger partial charge is 0.410 e. The number of hydrogen-bond acceptors (Lipinski definition) is 5. The van der Waals surface area contributed by atoms with E-state index in [1.165, 1.54) is 0 Å². The SMILES string of the molecule is CC(NCC1(O)CCN(C(=O)OC(C)(C)C)C1)C1CCOC1. The molecule has 2 aliphatic heterocycles. The Morgan fingerprint density at radius 3 is 2.86 bits per heavy atom. The van der Waals surface area contributed by atoms with Gasteiger partial charge < -0.3 is 24.8 Å². The number of aliphatic hydroxyl groups is 1. The van der Waals surface area contributed by atoms with Crippen LogP contribution in [0.25, 0.3) is 0 Å². The predicted octanol–water partition coefficient (Wildman–Crippen LogP) is 1.37. The Kier molecular flexibility index (Phi) is 5.35. The lowest BCUT2D eigenvalue weighted by Gasteiger charge is -2.28. The third-order valence-electron chi connectivity index (χ3n) is 4.41. The van der Waals surface area contributed by atoms with Gasteiger partial charge in [-0.05, 0) is 46.5 Å². The van der Waals surface area contributed by atoms with Gasteiger partial charge in [-0.15, -0.1) is 0 Å². The summed E-state index contributed by atoms with van der Waals surface area (Å²) in [5.74, 6) is 0.506. The van der Waals surface area contributed by atoms with Crippen molar-refractivity contribution < 1.29 is 19.4 Å². The summed E-state index contributed by atoms with van der Waals surface area (Å²) in [5, 5.41) is 14.1. The molecule has 1 amide bonds. The number of carbonyl (C=O) groups excluding carboxylic acids is 1. The van der Waals surface area contributed by atoms with E-state index in [1.807, 2.05) is 20.8 Å². The Balaban J connectivity index is 1.78. The summed E-state index contributed by atoms with van der Waals surface area (Å²) in [7, 11) is 0. The van der Waals surface area contributed by atoms with Crippen LogP contribution in [0.15, 0.2) is 0 Å². The minimum atomic E-state index is -0.870. The molecule has 0 radical (unpaired) electrons. The maximum atomic E-state index is 12.1. The van der Waals surface area contributed by atoms with E-state index in [-0.39, 0.29) is 6.09 Å². The largest absolute Gasteiger partial charge is 0.444 e. The molecule has 128 valence electrons. The van der Waals surface area contributed by atoms with Crippen molar-refractivity contribution in [2.24, 2.45) is 5.92 Å². The van der Waals surface area contributed by atoms with Gasteiger partial charge in [-0.1, -0.05) is 0 Å². The van der Waals surface area contributed by atoms with E-state index in [9.17, 15) is 9.90 Å². The highest BCUT2D eigenvalue weighted by atomic mass is 16.6. The second-order valence-corrected chi connectivity index (χ2v) is 7.67. The molecule has 6 heteroatoms. The van der Waals surface area contributed by atoms with Crippen molar-refractivity contribution in [1.29, 1.82) is 0 Å². The van der Waals surface area contributed by atoms with Crippen molar-refractivity contribution in [3.05, 3.63) is 0 Å². The Bertz CT molecular complexity index is 390. The number of likely N-dealkylation sites (tertiary alicyclic amines) is 1. The first-order valence-corrected chi connectivity index (χ1v) is 8.20. The van der Waals surface area contributed by atoms with E-state index >= 15 is 0 Å². The number of nitrogens with zero attached hydrogens (tertiary/aromatic N) is 1. The molecule has 0 aromatic heterocycles. The van der Waals surface area contributed by atoms with Crippen molar-refractivity contribution in [3.63, 3.8) is 0 Å². The quantitative estimate of drug-likeness (QED) is 0.820. The molecule has 0 aromatic carbocycles. The summed E-state index contributed by atoms with van der Waals surface area (Å²) in [5.41, 5.74) is -1.38. The van der Waals surface area contributed by atoms with Gasteiger partial charge in [0.15, 0.2) is 0 Å². The normalized spacial score (nSPS) is 30.6. The lowest BCUT2D eigenvalue weighted by molar-refractivity contribution is 0.0143. The fraction of sp³-hybridized carbons (Fsp3) is 0.938. The summed E-state index contributed by atoms with van der Waals surface area (Å²) < 4.78 is 10.8. The van der Waals surface area contributed by atoms with Crippen molar-refractivity contribution in [2.45, 2.75) is 57.8 Å². The average Bonchev–Trinajstić information content (AvgIpc) is 3.04. The van der Waals surface area contributed by atoms with Crippen molar-refractivity contribution in [3.8, 4) is 0 Å². The fourth-order valence-electron chi connectivity index (χ4n) is 2.95. The highest BCUT2D eigenvalue weighted by molar-refractivity contribution is 5.68. The highest BCUT2D eigenvalue weighted by Gasteiger charge is 2.40. The molecule has 6 nitrogen and oxygen atoms in total. The van der Waals surface area contributed by atoms with Gasteiger partial charge in [-0.25, -0.2) is 4.79 Å². The first-order valence-electron chi connectivity index (χ1n) is 8.20. The molecule has 2 heterocycles. The van der Waals surface area contributed by atoms with Gasteiger partial charge in [-0.2, -0.15) is 0 Å². The van der Waals surface area contributed by atoms with Crippen LogP contribution in [0.4, 0.5) is 4.79 Å². The molecule has 2 aliphatic rings. The third kappa shape index (κ3) is 4.83. The van der Waals surface area contributed by atoms with Crippen molar-refractivity contribution in [2.75, 3.05) is 32.8 Å². The minimum absolute atomic E-state index is 0.308. The van der Waals surface area contributed by atoms with Crippen LogP contribution in [0.1, 0.15) is 40.5 Å². The van der Waals surface area contributed by atoms with Gasteiger partial charge in [0.1, 0.15) is 5.60 Å². The summed E-state index contributed by atoms with van der Waals surface area (Å²) in [4.78, 5) is 13.6. The Hall–Kier alpha value is -0.850. The van der Waals surface area contributed by atoms with E-state index in [0.29, 0.717) is 38.0 Å². The lowest BCUT2D eigenvalue weighted by atomic mass is 9.98. The number of amides is 1. The first-order chi connectivity index (χ1) is 10.2. The van der Waals surface area contributed by atoms with Crippen LogP contribution in [0.5, 0.6) is 0 Å². The van der Waals surface area contributed by atoms with E-state index in [4.69, 9.17) is 9.47 Å². The molecule has 0 bridgehead atoms. The summed E-state index contributed by atoms with van der Waals surface area (Å²) in [6.07, 6.45) is 1.30. The minimum Gasteiger partial charge on any atom is -0.444 e. The van der Waals surface area contributed by atoms with Crippen molar-refractivity contribution in [1.82, 2.24) is 10.2 Å². The molecule has 0 spiro atoms. The van der Waals surface area contributed by atoms with E-state index in [1.54, 1.807) is 4.90 Å². The zero-order chi connectivity index (χ0) is 16.4. The van der Waals surface area contributed by atoms with Crippen molar-refractivity contribution >= 4 is 6.09 Å². The van der Waals surface area contributed by atoms with Crippen LogP contribution in [0.3, 0.4) is 0 Å². The van der Waals surface area contributed by atoms with Crippen LogP contribution in [0, 0.1) is 5.92 Å². The summed E-state index contributed by atoms with van der Waals surface area (Å²) >= 11 is 0. The number of rotatable bonds is 4. The molecule has 22 heavy (non-hydrogen) atoms. The van der Waals surface area contributed by atoms with Gasteiger partial charge in [0, 0.05) is 25.7 Å². The summed E-state index contributed by atoms with van der Waals surface area (Å²) in [6, 6.07) is 0.308. The van der Waals surface area contributed by atoms with Gasteiger partial charge in [0.05, 0.1) is 18.8 Å². The topological polar surface area (TPSA) is 71.0 Å². The second-order valence-electron chi connectivity index (χ2n) is 7.67. The van der Waals surface area contributed by atoms with E-state index in [0.717, 1.165) is 19.6 Å². The molecule has 0 aliphatic carbocycles. The maximum Gasteiger partial charge on any atom is 0.410 e. The number of β-amino-alcohol motifs (C(OH)–C–C–N with tert-alkyl or cyclic N) is 1. The van der Waals surface area contributed by atoms with Crippen LogP contribution in [-0.4, -0.2) is 66.2 Å². The predicted molar refractivity (Wildman–Crippen MR) is 83.8 cm³/mol. The molecule has 0 saturated carbocycles. The van der Waals surface area contributed by atoms with E-state index < -0.39 is 11.2 Å². The monoisotopic (exact) mass is 314 g/mol. The van der Waals surface area contributed by atoms with Crippen LogP contribution < -0.4 is 5.32 Å². The molecule has 2 rings (SSSR count). The van der Waals surface area contributed by atoms with Gasteiger partial charge in [0.2, 0.25) is 0 Å². The average molecular weight is 314 g/mol. The molecule has 3 unspecified atom stereocenters. The highest BCUT2D eigenvalue weighted by Crippen LogP contribution is 2.24. The first kappa shape index (κ1) is 17.5. The molecule has 3 atom stereocenters. The molecule has 0 aromatic rings. The number of ether oxygens (including phenoxy) is 2. The van der Waals surface area contributed by atoms with E-state index in [2.05, 4.69) is 12.2 Å². The Morgan fingerprint density at radius 2 is 2.27 bits per heavy atom. The molecular weight excluding hydrogens is 284 g/mol. The fourth-order valence-corrected chi connectivity index (χ4v) is 2.95. The van der Waals surface area contributed by atoms with Crippen LogP contribution in [-0.2, 0) is 9.47 Å². The summed E-state index contributed by atoms with van der Waals surface area (Å²) in [6.45, 7) is 10.6. The molecular formula is C16H30N2O4. The third-order valence-corrected chi connectivity index (χ3v) is 4.41. The van der Waals surface area contributed by atoms with Crippen LogP contribution >= 0.6 is 0 Å². The zero-order valence-corrected chi connectivity index (χ0v) is 14.2. The molecule has 2 N–H and O–H groups in total. The van der Waals surface area contributed by atoms with Crippen LogP contribution in [0.2, 0.25) is 0 Å². The number of carbonyl (C=O) groups is 1. The Morgan fingerprint density at radius 1 is 1.55 bits per heavy atom. The Labute approximate surface area is 133 Å². The lowest BCUT2D eigenvalue weighted by Crippen LogP contribution is -2.48. The maximum absolute atomic E-state index is 12.1. The second kappa shape index (κ2) is 6.72. The van der Waals surface area contributed by atoms with Gasteiger partial charge in [0.25, 0.3) is 0 Å². The standard InChI is InChI=1S/C16H30N2O4/c1-12(13-5-8-21-9-13)17-10-16(20)6-7-18(11-16)14(19)22-15(2,3)4/h12-13,17,20H,5-11H2,1-4H3. The number of nitrogens with one attached hydrogen (secondary N) is 1. The molecule has 2 saturated heterocycles. The zero-order valence-electron chi connectivity index (χ0n) is 14.2. The number of hydrogen-bond donors (Lipinski definition) is 2. The van der Waals surface area contributed by atoms with Gasteiger partial charge >= 0.3 is 6.09 Å². The van der Waals surface area contributed by atoms with Gasteiger partial charge in [-0.3, -0.25) is 0 Å².